The third-order valence-corrected chi connectivity index (χ3v) is 11.5. The maximum Gasteiger partial charge on any atom is 0.472 e. The zero-order valence-corrected chi connectivity index (χ0v) is 33.9. The van der Waals surface area contributed by atoms with Gasteiger partial charge in [0.15, 0.2) is 0 Å². The van der Waals surface area contributed by atoms with E-state index in [0.29, 0.717) is 31.1 Å². The molecule has 2 rings (SSSR count). The Kier molecular flexibility index (Phi) is 23.3. The van der Waals surface area contributed by atoms with Crippen molar-refractivity contribution in [3.8, 4) is 0 Å². The number of unbranched alkanes of at least 4 members (excludes halogenated alkanes) is 4. The Morgan fingerprint density at radius 1 is 0.732 bits per heavy atom. The first kappa shape index (κ1) is 49.5. The molecule has 0 aliphatic carbocycles. The summed E-state index contributed by atoms with van der Waals surface area (Å²) in [5.41, 5.74) is 0. The second-order valence-electron chi connectivity index (χ2n) is 12.8. The van der Waals surface area contributed by atoms with Gasteiger partial charge in [0.05, 0.1) is 60.7 Å². The Morgan fingerprint density at radius 3 is 2.00 bits per heavy atom. The molecule has 2 saturated heterocycles. The first-order chi connectivity index (χ1) is 26.5. The molecule has 4 unspecified atom stereocenters. The standard InChI is InChI=1S/C30H53B2N7O14P2S/c31-17-27(43)38(19-26(42)35-11-15-51-54(46,47)48)12-10-34-25(41)20-39(28(44)18-32)13-16-53-55(49,50)52-14-6-2-1-5-9-33-24(40)8-4-3-7-23-29-22(21-56-23)36-30(45)37-29/h22-23,29H,1-21H2,(H,33,40)(H,34,41)(H,35,42)(H,49,50)(H2,36,37,45)(H2,46,47,48). The van der Waals surface area contributed by atoms with Crippen LogP contribution in [0.3, 0.4) is 0 Å². The number of hydrogen-bond donors (Lipinski definition) is 8. The molecule has 26 heteroatoms. The molecule has 0 aromatic carbocycles. The molecule has 2 fully saturated rings. The lowest BCUT2D eigenvalue weighted by Crippen LogP contribution is -2.46. The van der Waals surface area contributed by atoms with Gasteiger partial charge in [0.2, 0.25) is 29.5 Å². The molecule has 2 heterocycles. The van der Waals surface area contributed by atoms with Gasteiger partial charge in [-0.05, 0) is 38.3 Å². The highest BCUT2D eigenvalue weighted by Gasteiger charge is 2.42. The SMILES string of the molecule is [B]CC(=O)N(CCNC(=O)CN(CCOP(=O)(O)OCCCCCCNC(=O)CCCCC1SCC2NC(=O)NC21)C(=O)C[B])CC(=O)NCCOP(=O)(O)O. The molecule has 7 amide bonds. The van der Waals surface area contributed by atoms with Crippen molar-refractivity contribution in [2.45, 2.75) is 81.3 Å². The number of hydrogen-bond acceptors (Lipinski definition) is 12. The van der Waals surface area contributed by atoms with Gasteiger partial charge in [-0.15, -0.1) is 0 Å². The quantitative estimate of drug-likeness (QED) is 0.0180. The smallest absolute Gasteiger partial charge is 0.356 e. The minimum absolute atomic E-state index is 0.0102. The van der Waals surface area contributed by atoms with E-state index in [1.807, 2.05) is 11.8 Å². The number of fused-ring (bicyclic) bond motifs is 1. The monoisotopic (exact) mass is 851 g/mol. The van der Waals surface area contributed by atoms with Crippen molar-refractivity contribution >= 4 is 78.7 Å². The fourth-order valence-electron chi connectivity index (χ4n) is 5.64. The molecule has 2 aliphatic heterocycles. The van der Waals surface area contributed by atoms with Crippen molar-refractivity contribution in [1.82, 2.24) is 36.4 Å². The number of carbonyl (C=O) groups excluding carboxylic acids is 6. The minimum atomic E-state index is -4.70. The van der Waals surface area contributed by atoms with Crippen LogP contribution in [-0.4, -0.2) is 164 Å². The van der Waals surface area contributed by atoms with Crippen molar-refractivity contribution in [2.24, 2.45) is 0 Å². The van der Waals surface area contributed by atoms with Crippen molar-refractivity contribution in [3.63, 3.8) is 0 Å². The predicted molar refractivity (Wildman–Crippen MR) is 205 cm³/mol. The van der Waals surface area contributed by atoms with Crippen molar-refractivity contribution in [2.75, 3.05) is 71.4 Å². The number of thioether (sulfide) groups is 1. The highest BCUT2D eigenvalue weighted by atomic mass is 32.2. The zero-order chi connectivity index (χ0) is 41.6. The Balaban J connectivity index is 1.55. The molecule has 56 heavy (non-hydrogen) atoms. The van der Waals surface area contributed by atoms with Crippen molar-refractivity contribution < 1.29 is 66.1 Å². The van der Waals surface area contributed by atoms with Crippen LogP contribution in [0.15, 0.2) is 0 Å². The average molecular weight is 851 g/mol. The van der Waals surface area contributed by atoms with Crippen LogP contribution in [0.5, 0.6) is 0 Å². The summed E-state index contributed by atoms with van der Waals surface area (Å²) in [6, 6.07) is 0.248. The number of phosphoric acid groups is 2. The summed E-state index contributed by atoms with van der Waals surface area (Å²) < 4.78 is 37.2. The maximum atomic E-state index is 12.5. The van der Waals surface area contributed by atoms with Crippen molar-refractivity contribution in [1.29, 1.82) is 0 Å². The molecule has 0 aromatic heterocycles. The Bertz CT molecular complexity index is 1400. The predicted octanol–water partition coefficient (Wildman–Crippen LogP) is -1.31. The second kappa shape index (κ2) is 26.3. The highest BCUT2D eigenvalue weighted by molar-refractivity contribution is 8.00. The first-order valence-corrected chi connectivity index (χ1v) is 22.4. The number of urea groups is 1. The summed E-state index contributed by atoms with van der Waals surface area (Å²) in [6.45, 7) is -2.23. The topological polar surface area (TPSA) is 292 Å². The van der Waals surface area contributed by atoms with Crippen LogP contribution in [-0.2, 0) is 46.7 Å². The van der Waals surface area contributed by atoms with E-state index in [0.717, 1.165) is 47.7 Å². The third kappa shape index (κ3) is 21.2. The van der Waals surface area contributed by atoms with Gasteiger partial charge in [-0.1, -0.05) is 19.3 Å². The van der Waals surface area contributed by atoms with Crippen LogP contribution in [0, 0.1) is 0 Å². The average Bonchev–Trinajstić information content (AvgIpc) is 3.69. The van der Waals surface area contributed by atoms with E-state index in [4.69, 9.17) is 34.5 Å². The van der Waals surface area contributed by atoms with Gasteiger partial charge in [0.25, 0.3) is 0 Å². The lowest BCUT2D eigenvalue weighted by atomic mass is 10.0. The summed E-state index contributed by atoms with van der Waals surface area (Å²) in [5, 5.41) is 14.0. The summed E-state index contributed by atoms with van der Waals surface area (Å²) in [7, 11) is 1.66. The number of rotatable bonds is 30. The Labute approximate surface area is 333 Å². The fourth-order valence-corrected chi connectivity index (χ4v) is 8.26. The largest absolute Gasteiger partial charge is 0.472 e. The van der Waals surface area contributed by atoms with Gasteiger partial charge < -0.3 is 51.1 Å². The van der Waals surface area contributed by atoms with E-state index in [2.05, 4.69) is 31.1 Å². The molecule has 4 radical (unpaired) electrons. The van der Waals surface area contributed by atoms with Crippen LogP contribution in [0.2, 0.25) is 12.6 Å². The van der Waals surface area contributed by atoms with E-state index in [-0.39, 0.29) is 56.8 Å². The molecule has 0 aromatic rings. The van der Waals surface area contributed by atoms with E-state index < -0.39 is 78.2 Å². The van der Waals surface area contributed by atoms with Gasteiger partial charge in [-0.25, -0.2) is 13.9 Å². The lowest BCUT2D eigenvalue weighted by molar-refractivity contribution is -0.135. The summed E-state index contributed by atoms with van der Waals surface area (Å²) in [4.78, 5) is 102. The van der Waals surface area contributed by atoms with Gasteiger partial charge >= 0.3 is 21.7 Å². The van der Waals surface area contributed by atoms with Crippen LogP contribution in [0.25, 0.3) is 0 Å². The third-order valence-electron chi connectivity index (χ3n) is 8.46. The van der Waals surface area contributed by atoms with E-state index in [1.54, 1.807) is 0 Å². The Morgan fingerprint density at radius 2 is 1.34 bits per heavy atom. The molecule has 4 atom stereocenters. The number of nitrogens with one attached hydrogen (secondary N) is 5. The molecule has 2 aliphatic rings. The number of phosphoric ester groups is 2. The van der Waals surface area contributed by atoms with Crippen LogP contribution < -0.4 is 26.6 Å². The normalized spacial score (nSPS) is 18.6. The summed E-state index contributed by atoms with van der Waals surface area (Å²) in [6.07, 6.45) is 4.81. The molecule has 314 valence electrons. The molecular weight excluding hydrogens is 798 g/mol. The fraction of sp³-hybridized carbons (Fsp3) is 0.800. The molecular formula is C30H53B2N7O14P2S. The number of carbonyl (C=O) groups is 6. The van der Waals surface area contributed by atoms with E-state index in [9.17, 15) is 42.8 Å². The molecule has 21 nitrogen and oxygen atoms in total. The van der Waals surface area contributed by atoms with Gasteiger partial charge in [-0.2, -0.15) is 11.8 Å². The van der Waals surface area contributed by atoms with Gasteiger partial charge in [-0.3, -0.25) is 37.5 Å². The van der Waals surface area contributed by atoms with Crippen LogP contribution >= 0.6 is 27.4 Å². The van der Waals surface area contributed by atoms with Crippen LogP contribution in [0.1, 0.15) is 51.4 Å². The summed E-state index contributed by atoms with van der Waals surface area (Å²) in [5.74, 6) is -1.71. The van der Waals surface area contributed by atoms with Crippen molar-refractivity contribution in [3.05, 3.63) is 0 Å². The summed E-state index contributed by atoms with van der Waals surface area (Å²) >= 11 is 1.85. The molecule has 0 bridgehead atoms. The van der Waals surface area contributed by atoms with Gasteiger partial charge in [0.1, 0.15) is 0 Å². The minimum Gasteiger partial charge on any atom is -0.356 e. The molecule has 0 saturated carbocycles. The molecule has 0 spiro atoms. The van der Waals surface area contributed by atoms with E-state index in [1.165, 1.54) is 0 Å². The lowest BCUT2D eigenvalue weighted by Gasteiger charge is -2.24. The second-order valence-corrected chi connectivity index (χ2v) is 16.8. The number of nitrogens with zero attached hydrogens (tertiary/aromatic N) is 2. The zero-order valence-electron chi connectivity index (χ0n) is 31.3. The van der Waals surface area contributed by atoms with E-state index >= 15 is 0 Å². The number of amides is 7. The van der Waals surface area contributed by atoms with Crippen LogP contribution in [0.4, 0.5) is 4.79 Å². The Hall–Kier alpha value is -2.68. The highest BCUT2D eigenvalue weighted by Crippen LogP contribution is 2.43. The molecule has 8 N–H and O–H groups in total. The maximum absolute atomic E-state index is 12.5. The first-order valence-electron chi connectivity index (χ1n) is 18.3. The van der Waals surface area contributed by atoms with Gasteiger partial charge in [0, 0.05) is 50.1 Å².